The molecule has 0 spiro atoms. The van der Waals surface area contributed by atoms with Crippen LogP contribution in [-0.2, 0) is 16.1 Å². The van der Waals surface area contributed by atoms with E-state index in [2.05, 4.69) is 15.1 Å². The van der Waals surface area contributed by atoms with E-state index >= 15 is 0 Å². The molecule has 1 aliphatic heterocycles. The van der Waals surface area contributed by atoms with Gasteiger partial charge in [-0.1, -0.05) is 36.4 Å². The minimum Gasteiger partial charge on any atom is -0.317 e. The Hall–Kier alpha value is -4.64. The van der Waals surface area contributed by atoms with E-state index in [1.165, 1.54) is 11.3 Å². The molecule has 0 fully saturated rings. The number of fused-ring (bicyclic) bond motifs is 2. The van der Waals surface area contributed by atoms with Gasteiger partial charge in [0.1, 0.15) is 0 Å². The molecule has 0 aliphatic carbocycles. The summed E-state index contributed by atoms with van der Waals surface area (Å²) in [6.07, 6.45) is 5.34. The molecule has 1 N–H and O–H groups in total. The number of imide groups is 1. The normalized spacial score (nSPS) is 13.4. The number of nitrogens with zero attached hydrogens (tertiary/aromatic N) is 3. The lowest BCUT2D eigenvalue weighted by molar-refractivity contribution is -0.757. The van der Waals surface area contributed by atoms with E-state index in [-0.39, 0.29) is 19.1 Å². The molecule has 1 atom stereocenters. The van der Waals surface area contributed by atoms with Crippen molar-refractivity contribution < 1.29 is 24.3 Å². The number of thiophene rings is 1. The number of nitrogens with one attached hydrogen (secondary N) is 1. The lowest BCUT2D eigenvalue weighted by atomic mass is 9.95. The Kier molecular flexibility index (Phi) is 7.60. The maximum atomic E-state index is 13.6. The number of carbonyl (C=O) groups excluding carboxylic acids is 3. The van der Waals surface area contributed by atoms with E-state index < -0.39 is 22.8 Å². The summed E-state index contributed by atoms with van der Waals surface area (Å²) in [5.41, 5.74) is 2.31. The third-order valence-electron chi connectivity index (χ3n) is 6.57. The average Bonchev–Trinajstić information content (AvgIpc) is 3.45. The molecule has 2 aromatic carbocycles. The number of hydrogen-bond acceptors (Lipinski definition) is 8. The van der Waals surface area contributed by atoms with Crippen LogP contribution in [0.4, 0.5) is 5.00 Å². The zero-order chi connectivity index (χ0) is 27.4. The fraction of sp³-hybridized carbons (Fsp3) is 0.214. The highest BCUT2D eigenvalue weighted by molar-refractivity contribution is 7.22. The van der Waals surface area contributed by atoms with Gasteiger partial charge in [0.05, 0.1) is 33.4 Å². The first-order valence-electron chi connectivity index (χ1n) is 12.4. The van der Waals surface area contributed by atoms with Gasteiger partial charge in [0.2, 0.25) is 5.91 Å². The number of pyridine rings is 1. The quantitative estimate of drug-likeness (QED) is 0.124. The van der Waals surface area contributed by atoms with Crippen LogP contribution < -0.4 is 5.32 Å². The summed E-state index contributed by atoms with van der Waals surface area (Å²) in [6, 6.07) is 17.8. The van der Waals surface area contributed by atoms with Gasteiger partial charge in [0.25, 0.3) is 16.9 Å². The van der Waals surface area contributed by atoms with Crippen LogP contribution in [0.1, 0.15) is 50.6 Å². The van der Waals surface area contributed by atoms with E-state index in [0.29, 0.717) is 41.0 Å². The van der Waals surface area contributed by atoms with Crippen LogP contribution in [0.2, 0.25) is 0 Å². The summed E-state index contributed by atoms with van der Waals surface area (Å²) in [6.45, 7) is -0.0659. The smallest absolute Gasteiger partial charge is 0.294 e. The van der Waals surface area contributed by atoms with Crippen LogP contribution in [0.3, 0.4) is 0 Å². The molecule has 0 radical (unpaired) electrons. The predicted molar refractivity (Wildman–Crippen MR) is 145 cm³/mol. The van der Waals surface area contributed by atoms with Gasteiger partial charge in [-0.15, -0.1) is 21.5 Å². The molecule has 0 saturated carbocycles. The molecule has 1 unspecified atom stereocenters. The Labute approximate surface area is 227 Å². The van der Waals surface area contributed by atoms with Gasteiger partial charge >= 0.3 is 0 Å². The van der Waals surface area contributed by atoms with Gasteiger partial charge in [0.15, 0.2) is 0 Å². The zero-order valence-corrected chi connectivity index (χ0v) is 21.6. The molecule has 1 aliphatic rings. The Bertz CT molecular complexity index is 1480. The van der Waals surface area contributed by atoms with Crippen LogP contribution in [0.5, 0.6) is 0 Å². The Morgan fingerprint density at radius 3 is 2.44 bits per heavy atom. The highest BCUT2D eigenvalue weighted by Gasteiger charge is 2.38. The molecule has 0 saturated heterocycles. The van der Waals surface area contributed by atoms with Gasteiger partial charge in [-0.25, -0.2) is 0 Å². The van der Waals surface area contributed by atoms with Crippen molar-refractivity contribution in [3.05, 3.63) is 105 Å². The molecule has 3 heterocycles. The highest BCUT2D eigenvalue weighted by Crippen LogP contribution is 2.31. The number of hydrogen-bond donors (Lipinski definition) is 1. The second kappa shape index (κ2) is 11.4. The molecule has 2 aromatic heterocycles. The fourth-order valence-electron chi connectivity index (χ4n) is 4.57. The number of unbranched alkanes of at least 4 members (excludes halogenated alkanes) is 1. The molecule has 5 rings (SSSR count). The first kappa shape index (κ1) is 26.0. The van der Waals surface area contributed by atoms with Crippen molar-refractivity contribution in [2.75, 3.05) is 18.5 Å². The second-order valence-corrected chi connectivity index (χ2v) is 10.2. The van der Waals surface area contributed by atoms with E-state index in [0.717, 1.165) is 20.5 Å². The van der Waals surface area contributed by atoms with Crippen molar-refractivity contribution >= 4 is 44.1 Å². The number of aryl methyl sites for hydroxylation is 1. The molecular weight excluding hydrogens is 520 g/mol. The van der Waals surface area contributed by atoms with Crippen LogP contribution in [-0.4, -0.2) is 45.8 Å². The third kappa shape index (κ3) is 5.78. The number of benzene rings is 2. The summed E-state index contributed by atoms with van der Waals surface area (Å²) in [4.78, 5) is 59.6. The number of aromatic nitrogens is 1. The fourth-order valence-corrected chi connectivity index (χ4v) is 5.50. The average molecular weight is 545 g/mol. The number of amides is 3. The Balaban J connectivity index is 1.35. The molecule has 198 valence electrons. The number of carbonyl (C=O) groups is 3. The van der Waals surface area contributed by atoms with Gasteiger partial charge in [-0.05, 0) is 60.0 Å². The molecule has 10 nitrogen and oxygen atoms in total. The standard InChI is InChI=1S/C28H24N4O6S/c33-26(30-25-15-20-12-13-29-16-24(20)39-25)23(17-31-27(34)21-6-1-2-7-22(21)28(31)35)19-10-8-18(9-11-19)5-3-4-14-38-32(36)37/h1-2,6-13,15-16,23H,3-5,14,17H2,(H,30,33). The third-order valence-corrected chi connectivity index (χ3v) is 7.57. The van der Waals surface area contributed by atoms with Crippen molar-refractivity contribution in [1.82, 2.24) is 9.88 Å². The summed E-state index contributed by atoms with van der Waals surface area (Å²) in [7, 11) is 0. The van der Waals surface area contributed by atoms with Crippen molar-refractivity contribution in [1.29, 1.82) is 0 Å². The summed E-state index contributed by atoms with van der Waals surface area (Å²) < 4.78 is 0.928. The van der Waals surface area contributed by atoms with Crippen LogP contribution in [0.25, 0.3) is 10.1 Å². The van der Waals surface area contributed by atoms with Crippen molar-refractivity contribution in [2.45, 2.75) is 25.2 Å². The van der Waals surface area contributed by atoms with Crippen molar-refractivity contribution in [3.8, 4) is 0 Å². The molecule has 11 heteroatoms. The van der Waals surface area contributed by atoms with Gasteiger partial charge in [-0.2, -0.15) is 0 Å². The van der Waals surface area contributed by atoms with E-state index in [1.807, 2.05) is 36.4 Å². The van der Waals surface area contributed by atoms with Gasteiger partial charge < -0.3 is 10.2 Å². The molecular formula is C28H24N4O6S. The van der Waals surface area contributed by atoms with Crippen LogP contribution in [0, 0.1) is 10.1 Å². The molecule has 3 amide bonds. The first-order valence-corrected chi connectivity index (χ1v) is 13.2. The second-order valence-electron chi connectivity index (χ2n) is 9.09. The van der Waals surface area contributed by atoms with Crippen molar-refractivity contribution in [2.24, 2.45) is 0 Å². The zero-order valence-electron chi connectivity index (χ0n) is 20.7. The molecule has 4 aromatic rings. The van der Waals surface area contributed by atoms with Crippen LogP contribution in [0.15, 0.2) is 73.1 Å². The highest BCUT2D eigenvalue weighted by atomic mass is 32.1. The maximum absolute atomic E-state index is 13.6. The SMILES string of the molecule is O=C(Nc1cc2ccncc2s1)C(CN1C(=O)c2ccccc2C1=O)c1ccc(CCCCO[N+](=O)[O-])cc1. The van der Waals surface area contributed by atoms with Gasteiger partial charge in [0, 0.05) is 18.9 Å². The summed E-state index contributed by atoms with van der Waals surface area (Å²) in [5.74, 6) is -1.99. The molecule has 39 heavy (non-hydrogen) atoms. The minimum atomic E-state index is -0.807. The van der Waals surface area contributed by atoms with Crippen molar-refractivity contribution in [3.63, 3.8) is 0 Å². The molecule has 0 bridgehead atoms. The lowest BCUT2D eigenvalue weighted by Crippen LogP contribution is -2.38. The van der Waals surface area contributed by atoms with E-state index in [9.17, 15) is 24.5 Å². The topological polar surface area (TPSA) is 132 Å². The Morgan fingerprint density at radius 2 is 1.77 bits per heavy atom. The Morgan fingerprint density at radius 1 is 1.05 bits per heavy atom. The predicted octanol–water partition coefficient (Wildman–Crippen LogP) is 4.85. The van der Waals surface area contributed by atoms with E-state index in [4.69, 9.17) is 0 Å². The first-order chi connectivity index (χ1) is 18.9. The summed E-state index contributed by atoms with van der Waals surface area (Å²) in [5, 5.41) is 14.0. The minimum absolute atomic E-state index is 0.0431. The largest absolute Gasteiger partial charge is 0.317 e. The summed E-state index contributed by atoms with van der Waals surface area (Å²) >= 11 is 1.39. The van der Waals surface area contributed by atoms with E-state index in [1.54, 1.807) is 36.7 Å². The number of anilines is 1. The monoisotopic (exact) mass is 544 g/mol. The number of rotatable bonds is 11. The lowest BCUT2D eigenvalue weighted by Gasteiger charge is -2.22. The maximum Gasteiger partial charge on any atom is 0.294 e. The van der Waals surface area contributed by atoms with Crippen LogP contribution >= 0.6 is 11.3 Å². The van der Waals surface area contributed by atoms with Gasteiger partial charge in [-0.3, -0.25) is 24.3 Å².